The molecule has 1 aliphatic rings. The van der Waals surface area contributed by atoms with Gasteiger partial charge in [0, 0.05) is 11.7 Å². The number of hydrogen-bond acceptors (Lipinski definition) is 5. The third-order valence-electron chi connectivity index (χ3n) is 4.65. The summed E-state index contributed by atoms with van der Waals surface area (Å²) in [5.41, 5.74) is -0.923. The number of sulfonamides is 1. The predicted molar refractivity (Wildman–Crippen MR) is 105 cm³/mol. The molecule has 0 atom stereocenters. The minimum absolute atomic E-state index is 0.0222. The lowest BCUT2D eigenvalue weighted by Crippen LogP contribution is -2.35. The summed E-state index contributed by atoms with van der Waals surface area (Å²) in [6.07, 6.45) is -3.19. The Morgan fingerprint density at radius 1 is 1.07 bits per heavy atom. The number of rotatable bonds is 6. The van der Waals surface area contributed by atoms with Crippen molar-refractivity contribution in [2.45, 2.75) is 30.0 Å². The van der Waals surface area contributed by atoms with Crippen molar-refractivity contribution >= 4 is 21.4 Å². The zero-order valence-electron chi connectivity index (χ0n) is 15.7. The smallest absolute Gasteiger partial charge is 0.418 e. The molecule has 0 bridgehead atoms. The molecule has 2 aromatic carbocycles. The van der Waals surface area contributed by atoms with Gasteiger partial charge in [0.15, 0.2) is 0 Å². The maximum atomic E-state index is 13.4. The average molecular weight is 429 g/mol. The van der Waals surface area contributed by atoms with E-state index >= 15 is 0 Å². The fourth-order valence-electron chi connectivity index (χ4n) is 3.13. The molecule has 0 aromatic heterocycles. The second kappa shape index (κ2) is 8.50. The lowest BCUT2D eigenvalue weighted by molar-refractivity contribution is -0.137. The van der Waals surface area contributed by atoms with E-state index in [1.54, 1.807) is 0 Å². The van der Waals surface area contributed by atoms with E-state index in [1.807, 2.05) is 0 Å². The first-order chi connectivity index (χ1) is 13.7. The number of ether oxygens (including phenoxy) is 1. The van der Waals surface area contributed by atoms with Crippen LogP contribution in [0.5, 0.6) is 5.75 Å². The molecule has 1 saturated heterocycles. The van der Waals surface area contributed by atoms with Gasteiger partial charge in [0.25, 0.3) is 10.0 Å². The van der Waals surface area contributed by atoms with E-state index in [2.05, 4.69) is 15.4 Å². The van der Waals surface area contributed by atoms with Crippen molar-refractivity contribution in [3.63, 3.8) is 0 Å². The van der Waals surface area contributed by atoms with Crippen molar-refractivity contribution in [2.75, 3.05) is 30.2 Å². The number of hydrogen-bond donors (Lipinski definition) is 3. The summed E-state index contributed by atoms with van der Waals surface area (Å²) in [6.45, 7) is 1.42. The Labute approximate surface area is 167 Å². The van der Waals surface area contributed by atoms with Gasteiger partial charge in [0.2, 0.25) is 0 Å². The van der Waals surface area contributed by atoms with Crippen LogP contribution in [0.1, 0.15) is 18.4 Å². The molecule has 1 heterocycles. The highest BCUT2D eigenvalue weighted by atomic mass is 32.2. The molecule has 29 heavy (non-hydrogen) atoms. The van der Waals surface area contributed by atoms with E-state index in [-0.39, 0.29) is 22.3 Å². The molecule has 1 aliphatic heterocycles. The molecule has 3 rings (SSSR count). The van der Waals surface area contributed by atoms with Crippen LogP contribution in [0.4, 0.5) is 24.5 Å². The molecule has 6 nitrogen and oxygen atoms in total. The Kier molecular flexibility index (Phi) is 6.23. The van der Waals surface area contributed by atoms with Crippen molar-refractivity contribution < 1.29 is 26.3 Å². The summed E-state index contributed by atoms with van der Waals surface area (Å²) in [7, 11) is -2.50. The third-order valence-corrected chi connectivity index (χ3v) is 6.04. The first-order valence-electron chi connectivity index (χ1n) is 9.04. The van der Waals surface area contributed by atoms with Gasteiger partial charge in [-0.3, -0.25) is 4.72 Å². The number of methoxy groups -OCH3 is 1. The Bertz CT molecular complexity index is 941. The largest absolute Gasteiger partial charge is 0.497 e. The first-order valence-corrected chi connectivity index (χ1v) is 10.5. The Hall–Kier alpha value is -2.46. The lowest BCUT2D eigenvalue weighted by atomic mass is 10.0. The molecule has 0 aliphatic carbocycles. The van der Waals surface area contributed by atoms with Crippen molar-refractivity contribution in [3.05, 3.63) is 48.0 Å². The second-order valence-corrected chi connectivity index (χ2v) is 8.39. The molecule has 0 radical (unpaired) electrons. The van der Waals surface area contributed by atoms with Crippen LogP contribution < -0.4 is 20.1 Å². The van der Waals surface area contributed by atoms with E-state index < -0.39 is 21.8 Å². The van der Waals surface area contributed by atoms with Gasteiger partial charge < -0.3 is 15.4 Å². The number of anilines is 2. The van der Waals surface area contributed by atoms with E-state index in [0.29, 0.717) is 31.7 Å². The maximum Gasteiger partial charge on any atom is 0.418 e. The molecule has 0 spiro atoms. The Morgan fingerprint density at radius 2 is 1.72 bits per heavy atom. The molecule has 10 heteroatoms. The van der Waals surface area contributed by atoms with Crippen molar-refractivity contribution in [1.29, 1.82) is 0 Å². The van der Waals surface area contributed by atoms with Gasteiger partial charge in [0.05, 0.1) is 23.3 Å². The van der Waals surface area contributed by atoms with Crippen molar-refractivity contribution in [1.82, 2.24) is 5.32 Å². The SMILES string of the molecule is COc1ccc(S(=O)(=O)Nc2ccc(C(F)(F)F)c(NC3CCNCC3)c2)cc1. The molecule has 0 saturated carbocycles. The average Bonchev–Trinajstić information content (AvgIpc) is 2.68. The van der Waals surface area contributed by atoms with Crippen molar-refractivity contribution in [2.24, 2.45) is 0 Å². The van der Waals surface area contributed by atoms with Gasteiger partial charge in [-0.25, -0.2) is 8.42 Å². The summed E-state index contributed by atoms with van der Waals surface area (Å²) in [5, 5.41) is 6.08. The number of nitrogens with one attached hydrogen (secondary N) is 3. The van der Waals surface area contributed by atoms with Gasteiger partial charge in [-0.15, -0.1) is 0 Å². The third kappa shape index (κ3) is 5.33. The van der Waals surface area contributed by atoms with Gasteiger partial charge in [-0.1, -0.05) is 0 Å². The van der Waals surface area contributed by atoms with E-state index in [0.717, 1.165) is 12.1 Å². The monoisotopic (exact) mass is 429 g/mol. The zero-order valence-corrected chi connectivity index (χ0v) is 16.5. The van der Waals surface area contributed by atoms with Crippen LogP contribution in [-0.2, 0) is 16.2 Å². The van der Waals surface area contributed by atoms with E-state index in [4.69, 9.17) is 4.74 Å². The standard InChI is InChI=1S/C19H22F3N3O3S/c1-28-15-3-5-16(6-4-15)29(26,27)25-14-2-7-17(19(20,21)22)18(12-14)24-13-8-10-23-11-9-13/h2-7,12-13,23-25H,8-11H2,1H3. The summed E-state index contributed by atoms with van der Waals surface area (Å²) in [5.74, 6) is 0.493. The summed E-state index contributed by atoms with van der Waals surface area (Å²) < 4.78 is 72.7. The molecular formula is C19H22F3N3O3S. The van der Waals surface area contributed by atoms with E-state index in [9.17, 15) is 21.6 Å². The highest BCUT2D eigenvalue weighted by Crippen LogP contribution is 2.37. The van der Waals surface area contributed by atoms with Crippen LogP contribution in [0.2, 0.25) is 0 Å². The predicted octanol–water partition coefficient (Wildman–Crippen LogP) is 3.68. The number of halogens is 3. The van der Waals surface area contributed by atoms with Gasteiger partial charge in [-0.05, 0) is 68.4 Å². The molecule has 0 amide bonds. The maximum absolute atomic E-state index is 13.4. The lowest BCUT2D eigenvalue weighted by Gasteiger charge is -2.26. The van der Waals surface area contributed by atoms with Crippen molar-refractivity contribution in [3.8, 4) is 5.75 Å². The summed E-state index contributed by atoms with van der Waals surface area (Å²) in [6, 6.07) is 8.76. The molecule has 0 unspecified atom stereocenters. The van der Waals surface area contributed by atoms with Gasteiger partial charge >= 0.3 is 6.18 Å². The molecular weight excluding hydrogens is 407 g/mol. The normalized spacial score (nSPS) is 15.7. The number of piperidine rings is 1. The number of alkyl halides is 3. The molecule has 2 aromatic rings. The fourth-order valence-corrected chi connectivity index (χ4v) is 4.18. The molecule has 158 valence electrons. The highest BCUT2D eigenvalue weighted by Gasteiger charge is 2.34. The Morgan fingerprint density at radius 3 is 2.31 bits per heavy atom. The quantitative estimate of drug-likeness (QED) is 0.653. The van der Waals surface area contributed by atoms with Crippen LogP contribution in [0.3, 0.4) is 0 Å². The second-order valence-electron chi connectivity index (χ2n) is 6.71. The minimum atomic E-state index is -4.55. The van der Waals surface area contributed by atoms with Crippen LogP contribution >= 0.6 is 0 Å². The highest BCUT2D eigenvalue weighted by molar-refractivity contribution is 7.92. The zero-order chi connectivity index (χ0) is 21.1. The van der Waals surface area contributed by atoms with Gasteiger partial charge in [-0.2, -0.15) is 13.2 Å². The Balaban J connectivity index is 1.87. The van der Waals surface area contributed by atoms with Crippen LogP contribution in [0.25, 0.3) is 0 Å². The molecule has 3 N–H and O–H groups in total. The van der Waals surface area contributed by atoms with Gasteiger partial charge in [0.1, 0.15) is 5.75 Å². The minimum Gasteiger partial charge on any atom is -0.497 e. The topological polar surface area (TPSA) is 79.5 Å². The summed E-state index contributed by atoms with van der Waals surface area (Å²) >= 11 is 0. The van der Waals surface area contributed by atoms with Crippen LogP contribution in [0.15, 0.2) is 47.4 Å². The van der Waals surface area contributed by atoms with E-state index in [1.165, 1.54) is 37.4 Å². The van der Waals surface area contributed by atoms with Crippen LogP contribution in [-0.4, -0.2) is 34.7 Å². The first kappa shape index (κ1) is 21.3. The van der Waals surface area contributed by atoms with Crippen LogP contribution in [0, 0.1) is 0 Å². The summed E-state index contributed by atoms with van der Waals surface area (Å²) in [4.78, 5) is -0.0222. The number of benzene rings is 2. The molecule has 1 fully saturated rings. The fraction of sp³-hybridized carbons (Fsp3) is 0.368.